The van der Waals surface area contributed by atoms with Crippen molar-refractivity contribution in [3.63, 3.8) is 0 Å². The van der Waals surface area contributed by atoms with Crippen molar-refractivity contribution in [2.24, 2.45) is 0 Å². The van der Waals surface area contributed by atoms with E-state index in [1.807, 2.05) is 43.3 Å². The van der Waals surface area contributed by atoms with Gasteiger partial charge in [0.1, 0.15) is 36.1 Å². The molecule has 0 bridgehead atoms. The van der Waals surface area contributed by atoms with Crippen LogP contribution >= 0.6 is 11.6 Å². The molecule has 0 spiro atoms. The van der Waals surface area contributed by atoms with Crippen LogP contribution < -0.4 is 14.8 Å². The zero-order valence-corrected chi connectivity index (χ0v) is 20.0. The normalized spacial score (nSPS) is 16.9. The van der Waals surface area contributed by atoms with E-state index in [0.717, 1.165) is 30.8 Å². The van der Waals surface area contributed by atoms with E-state index < -0.39 is 6.10 Å². The summed E-state index contributed by atoms with van der Waals surface area (Å²) in [6, 6.07) is 14.5. The lowest BCUT2D eigenvalue weighted by molar-refractivity contribution is 0.0720. The third kappa shape index (κ3) is 6.11. The molecule has 1 aromatic heterocycles. The molecule has 1 saturated heterocycles. The van der Waals surface area contributed by atoms with Gasteiger partial charge in [0.2, 0.25) is 0 Å². The fraction of sp³-hybridized carbons (Fsp3) is 0.346. The molecule has 34 heavy (non-hydrogen) atoms. The first-order chi connectivity index (χ1) is 16.4. The second kappa shape index (κ2) is 11.0. The van der Waals surface area contributed by atoms with Crippen molar-refractivity contribution >= 4 is 23.2 Å². The summed E-state index contributed by atoms with van der Waals surface area (Å²) in [6.45, 7) is 5.79. The molecule has 2 aromatic carbocycles. The van der Waals surface area contributed by atoms with E-state index in [0.29, 0.717) is 34.3 Å². The zero-order chi connectivity index (χ0) is 24.1. The number of carbonyl (C=O) groups is 1. The molecule has 2 atom stereocenters. The summed E-state index contributed by atoms with van der Waals surface area (Å²) in [5, 5.41) is 14.2. The van der Waals surface area contributed by atoms with Gasteiger partial charge in [-0.25, -0.2) is 0 Å². The maximum atomic E-state index is 12.6. The molecule has 7 nitrogen and oxygen atoms in total. The van der Waals surface area contributed by atoms with Crippen LogP contribution in [0.15, 0.2) is 59.2 Å². The Morgan fingerprint density at radius 1 is 1.24 bits per heavy atom. The molecule has 1 aliphatic rings. The van der Waals surface area contributed by atoms with Gasteiger partial charge in [0.15, 0.2) is 0 Å². The fourth-order valence-electron chi connectivity index (χ4n) is 4.05. The van der Waals surface area contributed by atoms with Gasteiger partial charge in [-0.15, -0.1) is 0 Å². The Morgan fingerprint density at radius 2 is 2.03 bits per heavy atom. The van der Waals surface area contributed by atoms with Crippen molar-refractivity contribution in [2.75, 3.05) is 31.6 Å². The summed E-state index contributed by atoms with van der Waals surface area (Å²) < 4.78 is 17.2. The number of hydrogen-bond acceptors (Lipinski definition) is 6. The molecule has 1 aliphatic heterocycles. The largest absolute Gasteiger partial charge is 0.489 e. The highest BCUT2D eigenvalue weighted by atomic mass is 35.5. The number of ether oxygens (including phenoxy) is 2. The molecule has 8 heteroatoms. The molecular formula is C26H29ClN2O5. The summed E-state index contributed by atoms with van der Waals surface area (Å²) in [4.78, 5) is 14.8. The highest BCUT2D eigenvalue weighted by Crippen LogP contribution is 2.29. The van der Waals surface area contributed by atoms with Crippen LogP contribution in [0, 0.1) is 13.8 Å². The Bertz CT molecular complexity index is 1110. The topological polar surface area (TPSA) is 84.2 Å². The number of anilines is 1. The van der Waals surface area contributed by atoms with Crippen molar-refractivity contribution in [3.05, 3.63) is 76.7 Å². The summed E-state index contributed by atoms with van der Waals surface area (Å²) in [7, 11) is 0. The van der Waals surface area contributed by atoms with E-state index in [2.05, 4.69) is 10.2 Å². The third-order valence-electron chi connectivity index (χ3n) is 5.80. The van der Waals surface area contributed by atoms with Crippen LogP contribution in [0.25, 0.3) is 0 Å². The average Bonchev–Trinajstić information content (AvgIpc) is 3.43. The van der Waals surface area contributed by atoms with Gasteiger partial charge in [-0.3, -0.25) is 9.69 Å². The summed E-state index contributed by atoms with van der Waals surface area (Å²) in [5.41, 5.74) is 1.89. The van der Waals surface area contributed by atoms with E-state index in [9.17, 15) is 9.90 Å². The Hall–Kier alpha value is -3.00. The molecule has 180 valence electrons. The SMILES string of the molecule is Cc1cccc(NC(=O)c2ccoc2C)c1OCC(O)CN1CCC(Oc2ccc(Cl)cc2)C1. The molecule has 0 radical (unpaired) electrons. The number of likely N-dealkylation sites (tertiary alicyclic amines) is 1. The van der Waals surface area contributed by atoms with Crippen molar-refractivity contribution in [2.45, 2.75) is 32.5 Å². The summed E-state index contributed by atoms with van der Waals surface area (Å²) in [5.74, 6) is 1.61. The van der Waals surface area contributed by atoms with Crippen LogP contribution in [0.3, 0.4) is 0 Å². The summed E-state index contributed by atoms with van der Waals surface area (Å²) in [6.07, 6.45) is 1.75. The van der Waals surface area contributed by atoms with Crippen LogP contribution in [0.4, 0.5) is 5.69 Å². The molecule has 0 aliphatic carbocycles. The van der Waals surface area contributed by atoms with Gasteiger partial charge in [-0.2, -0.15) is 0 Å². The van der Waals surface area contributed by atoms with E-state index in [4.69, 9.17) is 25.5 Å². The maximum absolute atomic E-state index is 12.6. The van der Waals surface area contributed by atoms with Crippen LogP contribution in [0.2, 0.25) is 5.02 Å². The number of halogens is 1. The average molecular weight is 485 g/mol. The van der Waals surface area contributed by atoms with Gasteiger partial charge in [-0.1, -0.05) is 23.7 Å². The van der Waals surface area contributed by atoms with Crippen LogP contribution in [0.5, 0.6) is 11.5 Å². The number of aliphatic hydroxyl groups is 1. The quantitative estimate of drug-likeness (QED) is 0.458. The lowest BCUT2D eigenvalue weighted by Crippen LogP contribution is -2.35. The number of furan rings is 1. The van der Waals surface area contributed by atoms with Crippen LogP contribution in [-0.4, -0.2) is 54.4 Å². The molecule has 4 rings (SSSR count). The predicted molar refractivity (Wildman–Crippen MR) is 131 cm³/mol. The lowest BCUT2D eigenvalue weighted by Gasteiger charge is -2.22. The number of rotatable bonds is 9. The minimum atomic E-state index is -0.687. The molecule has 1 amide bonds. The number of aryl methyl sites for hydroxylation is 2. The predicted octanol–water partition coefficient (Wildman–Crippen LogP) is 4.70. The first kappa shape index (κ1) is 24.1. The standard InChI is InChI=1S/C26H29ClN2O5/c1-17-4-3-5-24(28-26(31)23-11-13-32-18(23)2)25(17)33-16-20(30)14-29-12-10-22(15-29)34-21-8-6-19(27)7-9-21/h3-9,11,13,20,22,30H,10,12,14-16H2,1-2H3,(H,28,31). The minimum absolute atomic E-state index is 0.0684. The number of amides is 1. The number of aliphatic hydroxyl groups excluding tert-OH is 1. The molecule has 1 fully saturated rings. The fourth-order valence-corrected chi connectivity index (χ4v) is 4.17. The van der Waals surface area contributed by atoms with Gasteiger partial charge in [0, 0.05) is 24.7 Å². The van der Waals surface area contributed by atoms with Gasteiger partial charge in [0.25, 0.3) is 5.91 Å². The number of hydrogen-bond donors (Lipinski definition) is 2. The Labute approximate surface area is 204 Å². The Balaban J connectivity index is 1.29. The maximum Gasteiger partial charge on any atom is 0.259 e. The molecule has 2 heterocycles. The van der Waals surface area contributed by atoms with Crippen molar-refractivity contribution < 1.29 is 23.8 Å². The molecule has 3 aromatic rings. The molecular weight excluding hydrogens is 456 g/mol. The zero-order valence-electron chi connectivity index (χ0n) is 19.3. The van der Waals surface area contributed by atoms with E-state index in [1.165, 1.54) is 6.26 Å². The number of benzene rings is 2. The third-order valence-corrected chi connectivity index (χ3v) is 6.05. The summed E-state index contributed by atoms with van der Waals surface area (Å²) >= 11 is 5.93. The first-order valence-corrected chi connectivity index (χ1v) is 11.7. The Morgan fingerprint density at radius 3 is 2.76 bits per heavy atom. The first-order valence-electron chi connectivity index (χ1n) is 11.3. The Kier molecular flexibility index (Phi) is 7.77. The number of β-amino-alcohol motifs (C(OH)–C–C–N with tert-alkyl or cyclic N) is 1. The minimum Gasteiger partial charge on any atom is -0.489 e. The van der Waals surface area contributed by atoms with Crippen molar-refractivity contribution in [3.8, 4) is 11.5 Å². The van der Waals surface area contributed by atoms with Crippen LogP contribution in [0.1, 0.15) is 28.1 Å². The highest BCUT2D eigenvalue weighted by molar-refractivity contribution is 6.30. The van der Waals surface area contributed by atoms with Gasteiger partial charge in [0.05, 0.1) is 17.5 Å². The lowest BCUT2D eigenvalue weighted by atomic mass is 10.1. The molecule has 2 N–H and O–H groups in total. The van der Waals surface area contributed by atoms with Crippen molar-refractivity contribution in [1.29, 1.82) is 0 Å². The van der Waals surface area contributed by atoms with Gasteiger partial charge < -0.3 is 24.3 Å². The van der Waals surface area contributed by atoms with Crippen molar-refractivity contribution in [1.82, 2.24) is 4.90 Å². The monoisotopic (exact) mass is 484 g/mol. The van der Waals surface area contributed by atoms with Gasteiger partial charge in [-0.05, 0) is 62.2 Å². The second-order valence-electron chi connectivity index (χ2n) is 8.50. The molecule has 0 saturated carbocycles. The van der Waals surface area contributed by atoms with E-state index >= 15 is 0 Å². The van der Waals surface area contributed by atoms with Gasteiger partial charge >= 0.3 is 0 Å². The number of para-hydroxylation sites is 1. The number of carbonyl (C=O) groups excluding carboxylic acids is 1. The second-order valence-corrected chi connectivity index (χ2v) is 8.94. The number of nitrogens with zero attached hydrogens (tertiary/aromatic N) is 1. The smallest absolute Gasteiger partial charge is 0.259 e. The van der Waals surface area contributed by atoms with Crippen LogP contribution in [-0.2, 0) is 0 Å². The number of nitrogens with one attached hydrogen (secondary N) is 1. The highest BCUT2D eigenvalue weighted by Gasteiger charge is 2.26. The van der Waals surface area contributed by atoms with E-state index in [1.54, 1.807) is 19.1 Å². The van der Waals surface area contributed by atoms with E-state index in [-0.39, 0.29) is 18.6 Å². The molecule has 2 unspecified atom stereocenters.